The second-order valence-corrected chi connectivity index (χ2v) is 6.43. The van der Waals surface area contributed by atoms with Crippen LogP contribution in [0.4, 0.5) is 5.69 Å². The van der Waals surface area contributed by atoms with E-state index in [0.29, 0.717) is 15.8 Å². The average molecular weight is 324 g/mol. The monoisotopic (exact) mass is 323 g/mol. The van der Waals surface area contributed by atoms with Gasteiger partial charge in [0.25, 0.3) is 0 Å². The molecule has 2 aromatic carbocycles. The molecule has 5 heteroatoms. The molecule has 102 valence electrons. The van der Waals surface area contributed by atoms with Crippen LogP contribution in [-0.2, 0) is 4.79 Å². The summed E-state index contributed by atoms with van der Waals surface area (Å²) >= 11 is 14.0. The summed E-state index contributed by atoms with van der Waals surface area (Å²) in [4.78, 5) is 11.8. The van der Waals surface area contributed by atoms with Crippen molar-refractivity contribution in [2.45, 2.75) is 5.25 Å². The number of hydrogen-bond acceptors (Lipinski definition) is 2. The largest absolute Gasteiger partial charge is 0.325 e. The smallest absolute Gasteiger partial charge is 0.234 e. The van der Waals surface area contributed by atoms with Crippen LogP contribution in [-0.4, -0.2) is 11.7 Å². The molecule has 0 aromatic heterocycles. The van der Waals surface area contributed by atoms with Gasteiger partial charge in [-0.1, -0.05) is 41.4 Å². The van der Waals surface area contributed by atoms with Crippen LogP contribution >= 0.6 is 35.0 Å². The maximum Gasteiger partial charge on any atom is 0.234 e. The second kappa shape index (κ2) is 5.68. The van der Waals surface area contributed by atoms with Gasteiger partial charge in [0, 0.05) is 15.7 Å². The number of hydrogen-bond donors (Lipinski definition) is 1. The number of anilines is 1. The van der Waals surface area contributed by atoms with Crippen molar-refractivity contribution >= 4 is 46.6 Å². The second-order valence-electron chi connectivity index (χ2n) is 4.49. The minimum absolute atomic E-state index is 0.00338. The minimum atomic E-state index is -0.00636. The van der Waals surface area contributed by atoms with Gasteiger partial charge in [-0.25, -0.2) is 0 Å². The van der Waals surface area contributed by atoms with Gasteiger partial charge in [-0.05, 0) is 35.4 Å². The Hall–Kier alpha value is -1.16. The van der Waals surface area contributed by atoms with Crippen LogP contribution in [0.5, 0.6) is 0 Å². The summed E-state index contributed by atoms with van der Waals surface area (Å²) in [5.74, 6) is 0.385. The molecule has 1 heterocycles. The SMILES string of the molecule is O=C1CS[C@H](c2ccccc2Cl)c2cc(Cl)ccc2N1. The highest BCUT2D eigenvalue weighted by atomic mass is 35.5. The lowest BCUT2D eigenvalue weighted by atomic mass is 10.0. The Balaban J connectivity index is 2.15. The van der Waals surface area contributed by atoms with E-state index >= 15 is 0 Å². The Morgan fingerprint density at radius 3 is 2.70 bits per heavy atom. The van der Waals surface area contributed by atoms with Gasteiger partial charge in [-0.15, -0.1) is 11.8 Å². The van der Waals surface area contributed by atoms with E-state index in [1.54, 1.807) is 17.8 Å². The maximum atomic E-state index is 11.8. The van der Waals surface area contributed by atoms with Crippen molar-refractivity contribution in [1.29, 1.82) is 0 Å². The summed E-state index contributed by atoms with van der Waals surface area (Å²) in [6.07, 6.45) is 0. The highest BCUT2D eigenvalue weighted by Crippen LogP contribution is 2.44. The summed E-state index contributed by atoms with van der Waals surface area (Å²) in [6.45, 7) is 0. The molecule has 0 saturated heterocycles. The zero-order chi connectivity index (χ0) is 14.1. The van der Waals surface area contributed by atoms with Crippen LogP contribution in [0.2, 0.25) is 10.0 Å². The van der Waals surface area contributed by atoms with Crippen molar-refractivity contribution < 1.29 is 4.79 Å². The van der Waals surface area contributed by atoms with E-state index in [4.69, 9.17) is 23.2 Å². The van der Waals surface area contributed by atoms with Crippen molar-refractivity contribution in [2.75, 3.05) is 11.1 Å². The summed E-state index contributed by atoms with van der Waals surface area (Å²) in [5, 5.41) is 4.25. The number of fused-ring (bicyclic) bond motifs is 1. The molecular formula is C15H11Cl2NOS. The van der Waals surface area contributed by atoms with Crippen LogP contribution in [0, 0.1) is 0 Å². The lowest BCUT2D eigenvalue weighted by Gasteiger charge is -2.18. The van der Waals surface area contributed by atoms with Crippen molar-refractivity contribution in [2.24, 2.45) is 0 Å². The first kappa shape index (κ1) is 13.8. The molecule has 0 spiro atoms. The molecule has 1 N–H and O–H groups in total. The Morgan fingerprint density at radius 1 is 1.10 bits per heavy atom. The van der Waals surface area contributed by atoms with E-state index in [2.05, 4.69) is 5.32 Å². The van der Waals surface area contributed by atoms with Crippen molar-refractivity contribution in [3.63, 3.8) is 0 Å². The number of amides is 1. The Morgan fingerprint density at radius 2 is 1.90 bits per heavy atom. The fourth-order valence-electron chi connectivity index (χ4n) is 2.24. The van der Waals surface area contributed by atoms with Crippen molar-refractivity contribution in [1.82, 2.24) is 0 Å². The first-order valence-electron chi connectivity index (χ1n) is 6.10. The number of halogens is 2. The number of rotatable bonds is 1. The van der Waals surface area contributed by atoms with E-state index in [-0.39, 0.29) is 11.2 Å². The average Bonchev–Trinajstić information content (AvgIpc) is 2.58. The van der Waals surface area contributed by atoms with Crippen molar-refractivity contribution in [3.05, 3.63) is 63.6 Å². The van der Waals surface area contributed by atoms with Gasteiger partial charge in [0.2, 0.25) is 5.91 Å². The van der Waals surface area contributed by atoms with E-state index in [9.17, 15) is 4.79 Å². The predicted octanol–water partition coefficient (Wildman–Crippen LogP) is 4.77. The van der Waals surface area contributed by atoms with Gasteiger partial charge in [-0.2, -0.15) is 0 Å². The van der Waals surface area contributed by atoms with Crippen molar-refractivity contribution in [3.8, 4) is 0 Å². The van der Waals surface area contributed by atoms with Gasteiger partial charge < -0.3 is 5.32 Å². The number of benzene rings is 2. The van der Waals surface area contributed by atoms with Gasteiger partial charge in [0.15, 0.2) is 0 Å². The van der Waals surface area contributed by atoms with Crippen LogP contribution < -0.4 is 5.32 Å². The zero-order valence-electron chi connectivity index (χ0n) is 10.4. The van der Waals surface area contributed by atoms with Gasteiger partial charge in [0.1, 0.15) is 0 Å². The highest BCUT2D eigenvalue weighted by Gasteiger charge is 2.25. The molecule has 0 bridgehead atoms. The van der Waals surface area contributed by atoms with Gasteiger partial charge >= 0.3 is 0 Å². The quantitative estimate of drug-likeness (QED) is 0.819. The normalized spacial score (nSPS) is 18.1. The molecule has 0 aliphatic carbocycles. The van der Waals surface area contributed by atoms with E-state index in [0.717, 1.165) is 16.8 Å². The predicted molar refractivity (Wildman–Crippen MR) is 85.8 cm³/mol. The van der Waals surface area contributed by atoms with E-state index in [1.807, 2.05) is 36.4 Å². The standard InChI is InChI=1S/C15H11Cl2NOS/c16-9-5-6-13-11(7-9)15(20-8-14(19)18-13)10-3-1-2-4-12(10)17/h1-7,15H,8H2,(H,18,19)/t15-/m1/s1. The molecule has 0 fully saturated rings. The molecule has 20 heavy (non-hydrogen) atoms. The Bertz CT molecular complexity index is 675. The van der Waals surface area contributed by atoms with Gasteiger partial charge in [0.05, 0.1) is 11.0 Å². The number of carbonyl (C=O) groups excluding carboxylic acids is 1. The lowest BCUT2D eigenvalue weighted by molar-refractivity contribution is -0.113. The lowest BCUT2D eigenvalue weighted by Crippen LogP contribution is -2.12. The molecule has 0 unspecified atom stereocenters. The molecule has 1 aliphatic heterocycles. The number of thioether (sulfide) groups is 1. The molecule has 2 aromatic rings. The molecule has 0 radical (unpaired) electrons. The first-order chi connectivity index (χ1) is 9.65. The highest BCUT2D eigenvalue weighted by molar-refractivity contribution is 8.00. The fourth-order valence-corrected chi connectivity index (χ4v) is 3.88. The van der Waals surface area contributed by atoms with Crippen LogP contribution in [0.15, 0.2) is 42.5 Å². The number of carbonyl (C=O) groups is 1. The third-order valence-electron chi connectivity index (χ3n) is 3.14. The summed E-state index contributed by atoms with van der Waals surface area (Å²) in [7, 11) is 0. The molecule has 0 saturated carbocycles. The van der Waals surface area contributed by atoms with Crippen LogP contribution in [0.25, 0.3) is 0 Å². The molecule has 1 atom stereocenters. The zero-order valence-corrected chi connectivity index (χ0v) is 12.7. The summed E-state index contributed by atoms with van der Waals surface area (Å²) in [5.41, 5.74) is 2.79. The maximum absolute atomic E-state index is 11.8. The first-order valence-corrected chi connectivity index (χ1v) is 7.91. The van der Waals surface area contributed by atoms with E-state index in [1.165, 1.54) is 0 Å². The van der Waals surface area contributed by atoms with E-state index < -0.39 is 0 Å². The molecule has 1 aliphatic rings. The van der Waals surface area contributed by atoms with Crippen LogP contribution in [0.1, 0.15) is 16.4 Å². The third kappa shape index (κ3) is 2.66. The fraction of sp³-hybridized carbons (Fsp3) is 0.133. The van der Waals surface area contributed by atoms with Crippen LogP contribution in [0.3, 0.4) is 0 Å². The summed E-state index contributed by atoms with van der Waals surface area (Å²) < 4.78 is 0. The molecule has 2 nitrogen and oxygen atoms in total. The Labute approximate surface area is 131 Å². The topological polar surface area (TPSA) is 29.1 Å². The number of nitrogens with one attached hydrogen (secondary N) is 1. The Kier molecular flexibility index (Phi) is 3.92. The van der Waals surface area contributed by atoms with Gasteiger partial charge in [-0.3, -0.25) is 4.79 Å². The molecule has 1 amide bonds. The molecule has 3 rings (SSSR count). The third-order valence-corrected chi connectivity index (χ3v) is 4.99. The summed E-state index contributed by atoms with van der Waals surface area (Å²) in [6, 6.07) is 13.2. The minimum Gasteiger partial charge on any atom is -0.325 e. The molecular weight excluding hydrogens is 313 g/mol.